The fraction of sp³-hybridized carbons (Fsp3) is 0.167. The van der Waals surface area contributed by atoms with Gasteiger partial charge in [-0.15, -0.1) is 11.8 Å². The molecule has 0 saturated heterocycles. The first-order chi connectivity index (χ1) is 16.1. The number of hydrogen-bond donors (Lipinski definition) is 0. The van der Waals surface area contributed by atoms with E-state index in [0.29, 0.717) is 5.25 Å². The maximum Gasteiger partial charge on any atom is 0.190 e. The van der Waals surface area contributed by atoms with Gasteiger partial charge in [-0.25, -0.2) is 0 Å². The Balaban J connectivity index is 0.000000186. The normalized spacial score (nSPS) is 10.6. The maximum atomic E-state index is 10.6. The zero-order valence-corrected chi connectivity index (χ0v) is 21.2. The topological polar surface area (TPSA) is 17.1 Å². The van der Waals surface area contributed by atoms with Crippen LogP contribution in [0.5, 0.6) is 0 Å². The minimum atomic E-state index is 0.131. The molecule has 1 unspecified atom stereocenters. The van der Waals surface area contributed by atoms with Gasteiger partial charge in [-0.2, -0.15) is 0 Å². The lowest BCUT2D eigenvalue weighted by Crippen LogP contribution is -1.86. The molecule has 0 saturated carbocycles. The number of aryl methyl sites for hydroxylation is 1. The van der Waals surface area contributed by atoms with Crippen LogP contribution in [-0.2, 0) is 11.2 Å². The number of thioether (sulfide) groups is 2. The summed E-state index contributed by atoms with van der Waals surface area (Å²) >= 11 is 3.16. The molecule has 0 aromatic heterocycles. The molecule has 3 heteroatoms. The molecule has 0 aliphatic carbocycles. The third kappa shape index (κ3) is 11.6. The van der Waals surface area contributed by atoms with Crippen LogP contribution in [0.15, 0.2) is 131 Å². The van der Waals surface area contributed by atoms with Crippen LogP contribution in [0.25, 0.3) is 0 Å². The first-order valence-electron chi connectivity index (χ1n) is 11.1. The minimum absolute atomic E-state index is 0.131. The quantitative estimate of drug-likeness (QED) is 0.270. The molecule has 0 fully saturated rings. The van der Waals surface area contributed by atoms with Crippen molar-refractivity contribution >= 4 is 28.6 Å². The Labute approximate surface area is 207 Å². The highest BCUT2D eigenvalue weighted by molar-refractivity contribution is 8.13. The summed E-state index contributed by atoms with van der Waals surface area (Å²) < 4.78 is 0. The van der Waals surface area contributed by atoms with Crippen LogP contribution >= 0.6 is 23.5 Å². The van der Waals surface area contributed by atoms with Crippen molar-refractivity contribution in [3.8, 4) is 0 Å². The molecular weight excluding hydrogens is 440 g/mol. The maximum absolute atomic E-state index is 10.6. The summed E-state index contributed by atoms with van der Waals surface area (Å²) in [4.78, 5) is 12.9. The molecule has 1 nitrogen and oxygen atoms in total. The summed E-state index contributed by atoms with van der Waals surface area (Å²) in [6.45, 7) is 5.97. The van der Waals surface area contributed by atoms with Crippen LogP contribution in [0.3, 0.4) is 0 Å². The molecule has 0 heterocycles. The van der Waals surface area contributed by atoms with Gasteiger partial charge in [0.25, 0.3) is 0 Å². The Bertz CT molecular complexity index is 1020. The van der Waals surface area contributed by atoms with E-state index in [1.807, 2.05) is 48.2 Å². The van der Waals surface area contributed by atoms with E-state index in [0.717, 1.165) is 11.3 Å². The average Bonchev–Trinajstić information content (AvgIpc) is 2.87. The van der Waals surface area contributed by atoms with Gasteiger partial charge in [0, 0.05) is 22.0 Å². The number of carbonyl (C=O) groups excluding carboxylic acids is 1. The molecule has 0 amide bonds. The van der Waals surface area contributed by atoms with E-state index in [9.17, 15) is 4.79 Å². The molecule has 170 valence electrons. The summed E-state index contributed by atoms with van der Waals surface area (Å²) in [7, 11) is 0. The summed E-state index contributed by atoms with van der Waals surface area (Å²) in [5, 5.41) is 0.639. The molecule has 0 spiro atoms. The van der Waals surface area contributed by atoms with Crippen LogP contribution in [-0.4, -0.2) is 5.12 Å². The summed E-state index contributed by atoms with van der Waals surface area (Å²) in [5.41, 5.74) is 2.79. The standard InChI is InChI=1S/C14H14S.C8H8OS.C8H10/c1-12(13-8-4-2-5-9-13)15-14-10-6-3-7-11-14;1-7(9)10-8-5-3-2-4-6-8;1-2-8-6-4-3-5-7-8/h2-12H,1H3;2-6H,1H3;3-7H,2H2,1H3. The van der Waals surface area contributed by atoms with Crippen molar-refractivity contribution in [3.63, 3.8) is 0 Å². The second-order valence-electron chi connectivity index (χ2n) is 7.23. The third-order valence-electron chi connectivity index (χ3n) is 4.58. The number of hydrogen-bond acceptors (Lipinski definition) is 3. The zero-order valence-electron chi connectivity index (χ0n) is 19.6. The molecule has 1 atom stereocenters. The highest BCUT2D eigenvalue weighted by atomic mass is 32.2. The Morgan fingerprint density at radius 1 is 0.667 bits per heavy atom. The SMILES string of the molecule is CC(=O)Sc1ccccc1.CC(Sc1ccccc1)c1ccccc1.CCc1ccccc1. The lowest BCUT2D eigenvalue weighted by atomic mass is 10.2. The van der Waals surface area contributed by atoms with Crippen molar-refractivity contribution in [1.29, 1.82) is 0 Å². The first kappa shape index (κ1) is 26.5. The van der Waals surface area contributed by atoms with E-state index < -0.39 is 0 Å². The summed E-state index contributed by atoms with van der Waals surface area (Å²) in [6.07, 6.45) is 1.14. The first-order valence-corrected chi connectivity index (χ1v) is 12.8. The van der Waals surface area contributed by atoms with Crippen molar-refractivity contribution < 1.29 is 4.79 Å². The fourth-order valence-electron chi connectivity index (χ4n) is 2.86. The largest absolute Gasteiger partial charge is 0.287 e. The van der Waals surface area contributed by atoms with Crippen molar-refractivity contribution in [3.05, 3.63) is 132 Å². The molecule has 0 aliphatic heterocycles. The van der Waals surface area contributed by atoms with Crippen LogP contribution in [0.2, 0.25) is 0 Å². The van der Waals surface area contributed by atoms with Crippen LogP contribution in [0.4, 0.5) is 0 Å². The molecule has 0 bridgehead atoms. The molecule has 4 aromatic rings. The van der Waals surface area contributed by atoms with Crippen molar-refractivity contribution in [2.45, 2.75) is 42.2 Å². The molecule has 4 aromatic carbocycles. The van der Waals surface area contributed by atoms with E-state index in [1.165, 1.54) is 27.8 Å². The van der Waals surface area contributed by atoms with E-state index in [4.69, 9.17) is 0 Å². The van der Waals surface area contributed by atoms with Crippen molar-refractivity contribution in [2.24, 2.45) is 0 Å². The van der Waals surface area contributed by atoms with Gasteiger partial charge in [-0.1, -0.05) is 116 Å². The number of benzene rings is 4. The highest BCUT2D eigenvalue weighted by Crippen LogP contribution is 2.34. The lowest BCUT2D eigenvalue weighted by molar-refractivity contribution is -0.109. The molecular formula is C30H32OS2. The van der Waals surface area contributed by atoms with Crippen LogP contribution in [0, 0.1) is 0 Å². The minimum Gasteiger partial charge on any atom is -0.287 e. The lowest BCUT2D eigenvalue weighted by Gasteiger charge is -2.10. The Morgan fingerprint density at radius 3 is 1.52 bits per heavy atom. The Morgan fingerprint density at radius 2 is 1.09 bits per heavy atom. The van der Waals surface area contributed by atoms with Gasteiger partial charge in [0.15, 0.2) is 5.12 Å². The van der Waals surface area contributed by atoms with Crippen LogP contribution in [0.1, 0.15) is 37.1 Å². The second kappa shape index (κ2) is 16.0. The fourth-order valence-corrected chi connectivity index (χ4v) is 4.50. The molecule has 0 N–H and O–H groups in total. The predicted molar refractivity (Wildman–Crippen MR) is 146 cm³/mol. The van der Waals surface area contributed by atoms with Gasteiger partial charge in [-0.05, 0) is 48.7 Å². The van der Waals surface area contributed by atoms with E-state index in [-0.39, 0.29) is 5.12 Å². The van der Waals surface area contributed by atoms with E-state index in [2.05, 4.69) is 98.8 Å². The number of rotatable bonds is 5. The van der Waals surface area contributed by atoms with Gasteiger partial charge >= 0.3 is 0 Å². The molecule has 33 heavy (non-hydrogen) atoms. The van der Waals surface area contributed by atoms with Gasteiger partial charge in [0.2, 0.25) is 0 Å². The highest BCUT2D eigenvalue weighted by Gasteiger charge is 2.05. The van der Waals surface area contributed by atoms with Gasteiger partial charge in [0.05, 0.1) is 0 Å². The smallest absolute Gasteiger partial charge is 0.190 e. The number of carbonyl (C=O) groups is 1. The zero-order chi connectivity index (χ0) is 23.7. The summed E-state index contributed by atoms with van der Waals surface area (Å²) in [5.74, 6) is 0. The average molecular weight is 473 g/mol. The Hall–Kier alpha value is -2.75. The van der Waals surface area contributed by atoms with Gasteiger partial charge < -0.3 is 0 Å². The molecule has 4 rings (SSSR count). The third-order valence-corrected chi connectivity index (χ3v) is 6.55. The molecule has 0 aliphatic rings. The van der Waals surface area contributed by atoms with Gasteiger partial charge in [-0.3, -0.25) is 4.79 Å². The van der Waals surface area contributed by atoms with E-state index in [1.54, 1.807) is 6.92 Å². The predicted octanol–water partition coefficient (Wildman–Crippen LogP) is 9.11. The second-order valence-corrected chi connectivity index (χ2v) is 9.89. The molecule has 0 radical (unpaired) electrons. The van der Waals surface area contributed by atoms with Crippen molar-refractivity contribution in [1.82, 2.24) is 0 Å². The van der Waals surface area contributed by atoms with E-state index >= 15 is 0 Å². The monoisotopic (exact) mass is 472 g/mol. The van der Waals surface area contributed by atoms with Crippen molar-refractivity contribution in [2.75, 3.05) is 0 Å². The van der Waals surface area contributed by atoms with Crippen LogP contribution < -0.4 is 0 Å². The van der Waals surface area contributed by atoms with Gasteiger partial charge in [0.1, 0.15) is 0 Å². The Kier molecular flexibility index (Phi) is 12.8. The summed E-state index contributed by atoms with van der Waals surface area (Å²) in [6, 6.07) is 41.2.